The molecule has 1 fully saturated rings. The van der Waals surface area contributed by atoms with Crippen LogP contribution in [0.5, 0.6) is 0 Å². The second kappa shape index (κ2) is 12.9. The van der Waals surface area contributed by atoms with E-state index in [4.69, 9.17) is 0 Å². The van der Waals surface area contributed by atoms with Crippen molar-refractivity contribution in [2.24, 2.45) is 10.9 Å². The number of aliphatic imine (C=N–C) groups is 1. The van der Waals surface area contributed by atoms with Gasteiger partial charge in [0, 0.05) is 30.7 Å². The third kappa shape index (κ3) is 8.68. The number of aryl methyl sites for hydroxylation is 1. The van der Waals surface area contributed by atoms with Crippen molar-refractivity contribution in [2.75, 3.05) is 32.7 Å². The topological polar surface area (TPSA) is 52.6 Å². The lowest BCUT2D eigenvalue weighted by atomic mass is 10.1. The first-order valence-electron chi connectivity index (χ1n) is 9.39. The Labute approximate surface area is 174 Å². The van der Waals surface area contributed by atoms with Crippen LogP contribution in [0.1, 0.15) is 49.9 Å². The summed E-state index contributed by atoms with van der Waals surface area (Å²) in [6.45, 7) is 12.8. The standard InChI is InChI=1S/C18H33N5S.HI/c1-4-16-12-20-17(24-16)13-22-18(19-5-2)21-11-15(3)14-23-9-7-6-8-10-23;/h12,15H,4-11,13-14H2,1-3H3,(H2,19,21,22);1H. The van der Waals surface area contributed by atoms with Crippen molar-refractivity contribution in [2.45, 2.75) is 53.0 Å². The summed E-state index contributed by atoms with van der Waals surface area (Å²) in [4.78, 5) is 13.0. The van der Waals surface area contributed by atoms with Crippen LogP contribution in [0.3, 0.4) is 0 Å². The Morgan fingerprint density at radius 2 is 2.04 bits per heavy atom. The highest BCUT2D eigenvalue weighted by Crippen LogP contribution is 2.14. The van der Waals surface area contributed by atoms with Crippen molar-refractivity contribution in [3.05, 3.63) is 16.1 Å². The minimum absolute atomic E-state index is 0. The number of halogens is 1. The van der Waals surface area contributed by atoms with Crippen molar-refractivity contribution in [1.29, 1.82) is 0 Å². The fraction of sp³-hybridized carbons (Fsp3) is 0.778. The van der Waals surface area contributed by atoms with Crippen LogP contribution in [0.4, 0.5) is 0 Å². The minimum Gasteiger partial charge on any atom is -0.357 e. The van der Waals surface area contributed by atoms with Crippen LogP contribution < -0.4 is 10.6 Å². The van der Waals surface area contributed by atoms with Gasteiger partial charge >= 0.3 is 0 Å². The molecule has 1 aliphatic heterocycles. The molecule has 2 heterocycles. The predicted octanol–water partition coefficient (Wildman–Crippen LogP) is 3.50. The third-order valence-electron chi connectivity index (χ3n) is 4.30. The number of hydrogen-bond donors (Lipinski definition) is 2. The van der Waals surface area contributed by atoms with Crippen LogP contribution in [0.2, 0.25) is 0 Å². The maximum Gasteiger partial charge on any atom is 0.191 e. The molecule has 0 aliphatic carbocycles. The SMILES string of the molecule is CCNC(=NCc1ncc(CC)s1)NCC(C)CN1CCCCC1.I. The van der Waals surface area contributed by atoms with Gasteiger partial charge in [0.25, 0.3) is 0 Å². The molecule has 0 aromatic carbocycles. The van der Waals surface area contributed by atoms with E-state index in [1.807, 2.05) is 6.20 Å². The largest absolute Gasteiger partial charge is 0.357 e. The van der Waals surface area contributed by atoms with Gasteiger partial charge in [0.1, 0.15) is 5.01 Å². The van der Waals surface area contributed by atoms with E-state index in [9.17, 15) is 0 Å². The summed E-state index contributed by atoms with van der Waals surface area (Å²) < 4.78 is 0. The molecule has 144 valence electrons. The number of hydrogen-bond acceptors (Lipinski definition) is 4. The van der Waals surface area contributed by atoms with Gasteiger partial charge in [0.15, 0.2) is 5.96 Å². The summed E-state index contributed by atoms with van der Waals surface area (Å²) in [6, 6.07) is 0. The van der Waals surface area contributed by atoms with Crippen molar-refractivity contribution >= 4 is 41.3 Å². The molecule has 0 amide bonds. The normalized spacial score (nSPS) is 17.0. The number of nitrogens with one attached hydrogen (secondary N) is 2. The molecule has 1 atom stereocenters. The van der Waals surface area contributed by atoms with Gasteiger partial charge in [0.05, 0.1) is 6.54 Å². The summed E-state index contributed by atoms with van der Waals surface area (Å²) in [7, 11) is 0. The van der Waals surface area contributed by atoms with Crippen LogP contribution in [0, 0.1) is 5.92 Å². The Morgan fingerprint density at radius 3 is 2.68 bits per heavy atom. The van der Waals surface area contributed by atoms with Gasteiger partial charge in [-0.25, -0.2) is 9.98 Å². The lowest BCUT2D eigenvalue weighted by Gasteiger charge is -2.29. The first-order chi connectivity index (χ1) is 11.7. The van der Waals surface area contributed by atoms with Gasteiger partial charge in [-0.2, -0.15) is 0 Å². The van der Waals surface area contributed by atoms with E-state index < -0.39 is 0 Å². The van der Waals surface area contributed by atoms with E-state index in [0.29, 0.717) is 12.5 Å². The lowest BCUT2D eigenvalue weighted by molar-refractivity contribution is 0.201. The Bertz CT molecular complexity index is 499. The van der Waals surface area contributed by atoms with Gasteiger partial charge in [-0.05, 0) is 45.2 Å². The van der Waals surface area contributed by atoms with Crippen LogP contribution in [-0.4, -0.2) is 48.6 Å². The minimum atomic E-state index is 0. The number of nitrogens with zero attached hydrogens (tertiary/aromatic N) is 3. The summed E-state index contributed by atoms with van der Waals surface area (Å²) in [5.41, 5.74) is 0. The van der Waals surface area contributed by atoms with Crippen molar-refractivity contribution in [3.63, 3.8) is 0 Å². The third-order valence-corrected chi connectivity index (χ3v) is 5.43. The Balaban J connectivity index is 0.00000312. The highest BCUT2D eigenvalue weighted by Gasteiger charge is 2.13. The molecule has 7 heteroatoms. The molecule has 0 radical (unpaired) electrons. The van der Waals surface area contributed by atoms with Gasteiger partial charge in [0.2, 0.25) is 0 Å². The molecule has 1 aromatic rings. The molecule has 1 unspecified atom stereocenters. The molecule has 25 heavy (non-hydrogen) atoms. The van der Waals surface area contributed by atoms with E-state index in [-0.39, 0.29) is 24.0 Å². The van der Waals surface area contributed by atoms with E-state index in [2.05, 4.69) is 46.3 Å². The Morgan fingerprint density at radius 1 is 1.28 bits per heavy atom. The summed E-state index contributed by atoms with van der Waals surface area (Å²) in [5, 5.41) is 7.91. The molecule has 1 saturated heterocycles. The smallest absolute Gasteiger partial charge is 0.191 e. The lowest BCUT2D eigenvalue weighted by Crippen LogP contribution is -2.42. The number of rotatable bonds is 8. The van der Waals surface area contributed by atoms with E-state index in [1.54, 1.807) is 11.3 Å². The maximum atomic E-state index is 4.68. The van der Waals surface area contributed by atoms with Crippen molar-refractivity contribution in [3.8, 4) is 0 Å². The van der Waals surface area contributed by atoms with Crippen LogP contribution in [0.15, 0.2) is 11.2 Å². The molecule has 0 bridgehead atoms. The number of guanidine groups is 1. The molecule has 5 nitrogen and oxygen atoms in total. The molecular weight excluding hydrogens is 445 g/mol. The predicted molar refractivity (Wildman–Crippen MR) is 119 cm³/mol. The van der Waals surface area contributed by atoms with Crippen LogP contribution >= 0.6 is 35.3 Å². The van der Waals surface area contributed by atoms with Gasteiger partial charge in [-0.1, -0.05) is 20.3 Å². The second-order valence-corrected chi connectivity index (χ2v) is 7.82. The first kappa shape index (κ1) is 22.6. The molecule has 2 N–H and O–H groups in total. The zero-order valence-electron chi connectivity index (χ0n) is 15.9. The van der Waals surface area contributed by atoms with Crippen molar-refractivity contribution < 1.29 is 0 Å². The van der Waals surface area contributed by atoms with E-state index >= 15 is 0 Å². The molecule has 1 aliphatic rings. The van der Waals surface area contributed by atoms with Gasteiger partial charge < -0.3 is 15.5 Å². The number of aromatic nitrogens is 1. The molecule has 1 aromatic heterocycles. The first-order valence-corrected chi connectivity index (χ1v) is 10.2. The van der Waals surface area contributed by atoms with Crippen molar-refractivity contribution in [1.82, 2.24) is 20.5 Å². The fourth-order valence-corrected chi connectivity index (χ4v) is 3.78. The summed E-state index contributed by atoms with van der Waals surface area (Å²) in [6.07, 6.45) is 7.14. The zero-order valence-corrected chi connectivity index (χ0v) is 19.0. The molecule has 2 rings (SSSR count). The molecule has 0 spiro atoms. The Kier molecular flexibility index (Phi) is 11.6. The van der Waals surface area contributed by atoms with Gasteiger partial charge in [-0.3, -0.25) is 0 Å². The number of piperidine rings is 1. The van der Waals surface area contributed by atoms with E-state index in [1.165, 1.54) is 43.8 Å². The highest BCUT2D eigenvalue weighted by atomic mass is 127. The Hall–Kier alpha value is -0.410. The monoisotopic (exact) mass is 479 g/mol. The van der Waals surface area contributed by atoms with Gasteiger partial charge in [-0.15, -0.1) is 35.3 Å². The average Bonchev–Trinajstić information content (AvgIpc) is 3.06. The number of thiazole rings is 1. The quantitative estimate of drug-likeness (QED) is 0.341. The highest BCUT2D eigenvalue weighted by molar-refractivity contribution is 14.0. The second-order valence-electron chi connectivity index (χ2n) is 6.62. The fourth-order valence-electron chi connectivity index (χ4n) is 2.99. The van der Waals surface area contributed by atoms with Crippen LogP contribution in [0.25, 0.3) is 0 Å². The number of likely N-dealkylation sites (tertiary alicyclic amines) is 1. The summed E-state index contributed by atoms with van der Waals surface area (Å²) in [5.74, 6) is 1.52. The molecular formula is C18H34IN5S. The zero-order chi connectivity index (χ0) is 17.2. The maximum absolute atomic E-state index is 4.68. The summed E-state index contributed by atoms with van der Waals surface area (Å²) >= 11 is 1.76. The van der Waals surface area contributed by atoms with Crippen LogP contribution in [-0.2, 0) is 13.0 Å². The van der Waals surface area contributed by atoms with E-state index in [0.717, 1.165) is 30.5 Å². The average molecular weight is 479 g/mol. The molecule has 0 saturated carbocycles.